The second-order valence-corrected chi connectivity index (χ2v) is 3.05. The minimum absolute atomic E-state index is 0.218. The van der Waals surface area contributed by atoms with E-state index in [1.54, 1.807) is 0 Å². The van der Waals surface area contributed by atoms with Crippen LogP contribution in [0.3, 0.4) is 0 Å². The van der Waals surface area contributed by atoms with E-state index < -0.39 is 0 Å². The number of rotatable bonds is 4. The fourth-order valence-corrected chi connectivity index (χ4v) is 0.526. The lowest BCUT2D eigenvalue weighted by molar-refractivity contribution is 0.368. The highest BCUT2D eigenvalue weighted by Gasteiger charge is 2.13. The summed E-state index contributed by atoms with van der Waals surface area (Å²) in [4.78, 5) is 0. The van der Waals surface area contributed by atoms with E-state index in [0.29, 0.717) is 0 Å². The van der Waals surface area contributed by atoms with Gasteiger partial charge in [0.25, 0.3) is 0 Å². The monoisotopic (exact) mass is 128 g/mol. The van der Waals surface area contributed by atoms with Crippen molar-refractivity contribution in [3.05, 3.63) is 0 Å². The summed E-state index contributed by atoms with van der Waals surface area (Å²) in [5.74, 6) is 0. The first kappa shape index (κ1) is 8.96. The van der Waals surface area contributed by atoms with Gasteiger partial charge in [-0.15, -0.1) is 0 Å². The Morgan fingerprint density at radius 3 is 2.11 bits per heavy atom. The molecule has 0 aliphatic rings. The van der Waals surface area contributed by atoms with Gasteiger partial charge in [-0.05, 0) is 26.7 Å². The Morgan fingerprint density at radius 1 is 1.22 bits per heavy atom. The molecular weight excluding hydrogens is 110 g/mol. The Bertz CT molecular complexity index is 67.0. The second-order valence-electron chi connectivity index (χ2n) is 3.05. The first-order valence-electron chi connectivity index (χ1n) is 3.81. The van der Waals surface area contributed by atoms with Crippen LogP contribution in [-0.4, -0.2) is 12.1 Å². The van der Waals surface area contributed by atoms with Gasteiger partial charge in [-0.1, -0.05) is 13.8 Å². The third-order valence-corrected chi connectivity index (χ3v) is 1.63. The van der Waals surface area contributed by atoms with Crippen LogP contribution < -0.4 is 5.32 Å². The molecule has 0 aromatic rings. The highest BCUT2D eigenvalue weighted by atomic mass is 14.9. The zero-order valence-electron chi connectivity index (χ0n) is 7.07. The fourth-order valence-electron chi connectivity index (χ4n) is 0.526. The Morgan fingerprint density at radius 2 is 1.78 bits per heavy atom. The van der Waals surface area contributed by atoms with E-state index >= 15 is 0 Å². The number of nitrogens with zero attached hydrogens (tertiary/aromatic N) is 1. The summed E-state index contributed by atoms with van der Waals surface area (Å²) in [6.07, 6.45) is 2.32. The van der Waals surface area contributed by atoms with E-state index in [2.05, 4.69) is 33.0 Å². The molecule has 0 amide bonds. The van der Waals surface area contributed by atoms with Crippen LogP contribution in [-0.2, 0) is 0 Å². The van der Waals surface area contributed by atoms with Gasteiger partial charge in [0, 0.05) is 12.1 Å². The molecule has 0 unspecified atom stereocenters. The van der Waals surface area contributed by atoms with Gasteiger partial charge in [-0.3, -0.25) is 0 Å². The van der Waals surface area contributed by atoms with Crippen LogP contribution in [0.15, 0.2) is 0 Å². The van der Waals surface area contributed by atoms with Crippen molar-refractivity contribution in [2.75, 3.05) is 6.54 Å². The summed E-state index contributed by atoms with van der Waals surface area (Å²) in [5.41, 5.74) is 0.218. The van der Waals surface area contributed by atoms with E-state index in [-0.39, 0.29) is 5.54 Å². The Hall–Kier alpha value is -0.0400. The normalized spacial score (nSPS) is 12.0. The molecule has 1 radical (unpaired) electrons. The smallest absolute Gasteiger partial charge is 0.0298 e. The molecule has 0 saturated carbocycles. The highest BCUT2D eigenvalue weighted by Crippen LogP contribution is 2.07. The Labute approximate surface area is 58.8 Å². The van der Waals surface area contributed by atoms with Crippen LogP contribution in [0.25, 0.3) is 0 Å². The third-order valence-electron chi connectivity index (χ3n) is 1.63. The molecule has 0 rings (SSSR count). The molecule has 0 aliphatic heterocycles. The predicted octanol–water partition coefficient (Wildman–Crippen LogP) is 2.19. The average Bonchev–Trinajstić information content (AvgIpc) is 1.84. The highest BCUT2D eigenvalue weighted by molar-refractivity contribution is 4.73. The van der Waals surface area contributed by atoms with Gasteiger partial charge in [0.2, 0.25) is 0 Å². The van der Waals surface area contributed by atoms with Crippen LogP contribution >= 0.6 is 0 Å². The van der Waals surface area contributed by atoms with Crippen molar-refractivity contribution in [2.24, 2.45) is 0 Å². The molecule has 0 saturated heterocycles. The lowest BCUT2D eigenvalue weighted by Crippen LogP contribution is -2.32. The number of hydrogen-bond donors (Lipinski definition) is 0. The van der Waals surface area contributed by atoms with Crippen molar-refractivity contribution in [3.8, 4) is 0 Å². The fraction of sp³-hybridized carbons (Fsp3) is 1.00. The quantitative estimate of drug-likeness (QED) is 0.551. The van der Waals surface area contributed by atoms with Crippen LogP contribution in [0.5, 0.6) is 0 Å². The van der Waals surface area contributed by atoms with E-state index in [1.807, 2.05) is 0 Å². The molecule has 0 spiro atoms. The van der Waals surface area contributed by atoms with Crippen molar-refractivity contribution in [2.45, 2.75) is 46.1 Å². The van der Waals surface area contributed by atoms with E-state index in [4.69, 9.17) is 0 Å². The average molecular weight is 128 g/mol. The zero-order chi connectivity index (χ0) is 7.33. The minimum atomic E-state index is 0.218. The third kappa shape index (κ3) is 4.46. The molecule has 9 heavy (non-hydrogen) atoms. The molecule has 0 aromatic heterocycles. The van der Waals surface area contributed by atoms with Crippen LogP contribution in [0.2, 0.25) is 0 Å². The molecule has 55 valence electrons. The molecule has 0 bridgehead atoms. The van der Waals surface area contributed by atoms with Crippen molar-refractivity contribution >= 4 is 0 Å². The lowest BCUT2D eigenvalue weighted by atomic mass is 10.0. The maximum Gasteiger partial charge on any atom is 0.0298 e. The molecular formula is C8H18N. The first-order chi connectivity index (χ1) is 4.12. The van der Waals surface area contributed by atoms with Gasteiger partial charge in [-0.25, -0.2) is 5.32 Å². The van der Waals surface area contributed by atoms with Gasteiger partial charge in [0.15, 0.2) is 0 Å². The maximum absolute atomic E-state index is 4.49. The van der Waals surface area contributed by atoms with Crippen molar-refractivity contribution in [3.63, 3.8) is 0 Å². The molecule has 0 atom stereocenters. The zero-order valence-corrected chi connectivity index (χ0v) is 7.07. The molecule has 0 aliphatic carbocycles. The van der Waals surface area contributed by atoms with Crippen LogP contribution in [0.1, 0.15) is 40.5 Å². The van der Waals surface area contributed by atoms with Crippen molar-refractivity contribution in [1.29, 1.82) is 0 Å². The summed E-state index contributed by atoms with van der Waals surface area (Å²) in [6.45, 7) is 9.72. The minimum Gasteiger partial charge on any atom is -0.236 e. The van der Waals surface area contributed by atoms with E-state index in [0.717, 1.165) is 13.0 Å². The van der Waals surface area contributed by atoms with E-state index in [9.17, 15) is 0 Å². The van der Waals surface area contributed by atoms with Crippen LogP contribution in [0, 0.1) is 0 Å². The lowest BCUT2D eigenvalue weighted by Gasteiger charge is -2.21. The summed E-state index contributed by atoms with van der Waals surface area (Å²) in [6, 6.07) is 0. The molecule has 0 N–H and O–H groups in total. The standard InChI is InChI=1S/C8H18N/c1-5-7-9-8(3,4)6-2/h5-7H2,1-4H3. The number of hydrogen-bond acceptors (Lipinski definition) is 0. The van der Waals surface area contributed by atoms with Crippen molar-refractivity contribution < 1.29 is 0 Å². The summed E-state index contributed by atoms with van der Waals surface area (Å²) >= 11 is 0. The van der Waals surface area contributed by atoms with Crippen LogP contribution in [0.4, 0.5) is 0 Å². The molecule has 1 nitrogen and oxygen atoms in total. The summed E-state index contributed by atoms with van der Waals surface area (Å²) in [7, 11) is 0. The van der Waals surface area contributed by atoms with Gasteiger partial charge in [-0.2, -0.15) is 0 Å². The van der Waals surface area contributed by atoms with E-state index in [1.165, 1.54) is 6.42 Å². The molecule has 0 aromatic carbocycles. The predicted molar refractivity (Wildman–Crippen MR) is 41.7 cm³/mol. The first-order valence-corrected chi connectivity index (χ1v) is 3.81. The SMILES string of the molecule is CCC[N]C(C)(C)CC. The topological polar surface area (TPSA) is 14.1 Å². The van der Waals surface area contributed by atoms with Gasteiger partial charge < -0.3 is 0 Å². The summed E-state index contributed by atoms with van der Waals surface area (Å²) in [5, 5.41) is 4.49. The summed E-state index contributed by atoms with van der Waals surface area (Å²) < 4.78 is 0. The van der Waals surface area contributed by atoms with Crippen molar-refractivity contribution in [1.82, 2.24) is 5.32 Å². The molecule has 1 heteroatoms. The largest absolute Gasteiger partial charge is 0.236 e. The second kappa shape index (κ2) is 3.89. The molecule has 0 heterocycles. The molecule has 0 fully saturated rings. The Balaban J connectivity index is 3.33. The maximum atomic E-state index is 4.49. The van der Waals surface area contributed by atoms with Gasteiger partial charge in [0.05, 0.1) is 0 Å². The van der Waals surface area contributed by atoms with Gasteiger partial charge >= 0.3 is 0 Å². The Kier molecular flexibility index (Phi) is 3.87. The van der Waals surface area contributed by atoms with Gasteiger partial charge in [0.1, 0.15) is 0 Å².